The molecule has 0 radical (unpaired) electrons. The number of ether oxygens (including phenoxy) is 2. The molecule has 1 N–H and O–H groups in total. The largest absolute Gasteiger partial charge is 0.468 e. The third-order valence-electron chi connectivity index (χ3n) is 3.12. The van der Waals surface area contributed by atoms with E-state index >= 15 is 0 Å². The van der Waals surface area contributed by atoms with Crippen LogP contribution in [0.15, 0.2) is 18.2 Å². The van der Waals surface area contributed by atoms with Crippen LogP contribution in [0.5, 0.6) is 5.75 Å². The first-order valence-corrected chi connectivity index (χ1v) is 5.77. The third kappa shape index (κ3) is 2.36. The Hall–Kier alpha value is -1.06. The molecule has 0 aromatic heterocycles. The van der Waals surface area contributed by atoms with Crippen molar-refractivity contribution in [2.45, 2.75) is 25.3 Å². The fourth-order valence-electron chi connectivity index (χ4n) is 2.29. The van der Waals surface area contributed by atoms with Crippen molar-refractivity contribution in [1.82, 2.24) is 5.32 Å². The van der Waals surface area contributed by atoms with E-state index in [1.165, 1.54) is 30.4 Å². The average Bonchev–Trinajstić information content (AvgIpc) is 2.35. The lowest BCUT2D eigenvalue weighted by molar-refractivity contribution is 0.0510. The lowest BCUT2D eigenvalue weighted by atomic mass is 9.87. The maximum absolute atomic E-state index is 5.46. The monoisotopic (exact) mass is 221 g/mol. The van der Waals surface area contributed by atoms with Gasteiger partial charge in [0.05, 0.1) is 0 Å². The lowest BCUT2D eigenvalue weighted by Gasteiger charge is -2.25. The van der Waals surface area contributed by atoms with Crippen LogP contribution in [0.2, 0.25) is 0 Å². The predicted molar refractivity (Wildman–Crippen MR) is 63.7 cm³/mol. The standard InChI is InChI=1S/C13H19NO2/c1-14-13-5-3-4-10-6-7-11(8-12(10)13)16-9-15-2/h6-8,13-14H,3-5,9H2,1-2H3. The van der Waals surface area contributed by atoms with E-state index in [1.54, 1.807) is 7.11 Å². The zero-order valence-electron chi connectivity index (χ0n) is 9.95. The Balaban J connectivity index is 2.20. The maximum Gasteiger partial charge on any atom is 0.188 e. The number of rotatable bonds is 4. The minimum Gasteiger partial charge on any atom is -0.468 e. The van der Waals surface area contributed by atoms with E-state index in [4.69, 9.17) is 9.47 Å². The van der Waals surface area contributed by atoms with Gasteiger partial charge in [-0.2, -0.15) is 0 Å². The molecule has 1 aromatic carbocycles. The molecule has 3 nitrogen and oxygen atoms in total. The van der Waals surface area contributed by atoms with Gasteiger partial charge in [0, 0.05) is 13.2 Å². The topological polar surface area (TPSA) is 30.5 Å². The second-order valence-electron chi connectivity index (χ2n) is 4.14. The van der Waals surface area contributed by atoms with E-state index in [9.17, 15) is 0 Å². The van der Waals surface area contributed by atoms with E-state index in [2.05, 4.69) is 17.4 Å². The summed E-state index contributed by atoms with van der Waals surface area (Å²) in [5.41, 5.74) is 2.82. The fourth-order valence-corrected chi connectivity index (χ4v) is 2.29. The minimum absolute atomic E-state index is 0.309. The van der Waals surface area contributed by atoms with Gasteiger partial charge >= 0.3 is 0 Å². The zero-order valence-corrected chi connectivity index (χ0v) is 9.95. The Kier molecular flexibility index (Phi) is 3.80. The number of methoxy groups -OCH3 is 1. The molecule has 1 aromatic rings. The van der Waals surface area contributed by atoms with E-state index in [0.29, 0.717) is 12.8 Å². The van der Waals surface area contributed by atoms with Gasteiger partial charge in [0.2, 0.25) is 0 Å². The van der Waals surface area contributed by atoms with Crippen LogP contribution in [0, 0.1) is 0 Å². The second-order valence-corrected chi connectivity index (χ2v) is 4.14. The van der Waals surface area contributed by atoms with Gasteiger partial charge in [0.1, 0.15) is 5.75 Å². The Morgan fingerprint density at radius 2 is 2.31 bits per heavy atom. The molecule has 2 rings (SSSR count). The highest BCUT2D eigenvalue weighted by atomic mass is 16.7. The number of fused-ring (bicyclic) bond motifs is 1. The number of benzene rings is 1. The van der Waals surface area contributed by atoms with E-state index in [0.717, 1.165) is 5.75 Å². The quantitative estimate of drug-likeness (QED) is 0.791. The van der Waals surface area contributed by atoms with Crippen molar-refractivity contribution in [3.05, 3.63) is 29.3 Å². The molecule has 0 aliphatic heterocycles. The van der Waals surface area contributed by atoms with Crippen molar-refractivity contribution in [3.8, 4) is 5.75 Å². The molecule has 1 aliphatic rings. The molecular weight excluding hydrogens is 202 g/mol. The molecule has 0 heterocycles. The summed E-state index contributed by atoms with van der Waals surface area (Å²) >= 11 is 0. The first kappa shape index (κ1) is 11.4. The highest BCUT2D eigenvalue weighted by molar-refractivity contribution is 5.39. The van der Waals surface area contributed by atoms with Crippen molar-refractivity contribution in [1.29, 1.82) is 0 Å². The van der Waals surface area contributed by atoms with E-state index < -0.39 is 0 Å². The SMILES string of the molecule is CNC1CCCc2ccc(OCOC)cc21. The molecule has 0 saturated carbocycles. The first-order valence-electron chi connectivity index (χ1n) is 5.77. The number of nitrogens with one attached hydrogen (secondary N) is 1. The normalized spacial score (nSPS) is 19.2. The Morgan fingerprint density at radius 3 is 3.06 bits per heavy atom. The van der Waals surface area contributed by atoms with Crippen molar-refractivity contribution in [2.75, 3.05) is 21.0 Å². The molecule has 0 saturated heterocycles. The highest BCUT2D eigenvalue weighted by Crippen LogP contribution is 2.32. The minimum atomic E-state index is 0.309. The molecule has 1 atom stereocenters. The zero-order chi connectivity index (χ0) is 11.4. The first-order chi connectivity index (χ1) is 7.85. The van der Waals surface area contributed by atoms with Crippen LogP contribution in [0.4, 0.5) is 0 Å². The molecule has 88 valence electrons. The van der Waals surface area contributed by atoms with Gasteiger partial charge in [-0.15, -0.1) is 0 Å². The van der Waals surface area contributed by atoms with Crippen LogP contribution in [0.1, 0.15) is 30.0 Å². The molecule has 16 heavy (non-hydrogen) atoms. The number of hydrogen-bond acceptors (Lipinski definition) is 3. The predicted octanol–water partition coefficient (Wildman–Crippen LogP) is 2.27. The van der Waals surface area contributed by atoms with Crippen molar-refractivity contribution in [3.63, 3.8) is 0 Å². The van der Waals surface area contributed by atoms with E-state index in [1.807, 2.05) is 13.1 Å². The van der Waals surface area contributed by atoms with Crippen molar-refractivity contribution in [2.24, 2.45) is 0 Å². The lowest BCUT2D eigenvalue weighted by Crippen LogP contribution is -2.21. The van der Waals surface area contributed by atoms with Crippen LogP contribution in [0.3, 0.4) is 0 Å². The van der Waals surface area contributed by atoms with Crippen molar-refractivity contribution < 1.29 is 9.47 Å². The summed E-state index contributed by atoms with van der Waals surface area (Å²) in [6.07, 6.45) is 3.64. The Labute approximate surface area is 96.8 Å². The molecule has 1 unspecified atom stereocenters. The molecule has 0 fully saturated rings. The van der Waals surface area contributed by atoms with Gasteiger partial charge in [-0.3, -0.25) is 0 Å². The number of aryl methyl sites for hydroxylation is 1. The summed E-state index contributed by atoms with van der Waals surface area (Å²) in [4.78, 5) is 0. The second kappa shape index (κ2) is 5.32. The van der Waals surface area contributed by atoms with Gasteiger partial charge in [-0.1, -0.05) is 6.07 Å². The average molecular weight is 221 g/mol. The van der Waals surface area contributed by atoms with Crippen molar-refractivity contribution >= 4 is 0 Å². The summed E-state index contributed by atoms with van der Waals surface area (Å²) in [6.45, 7) is 0.309. The van der Waals surface area contributed by atoms with Crippen LogP contribution in [0.25, 0.3) is 0 Å². The smallest absolute Gasteiger partial charge is 0.188 e. The molecule has 1 aliphatic carbocycles. The molecule has 0 spiro atoms. The molecular formula is C13H19NO2. The summed E-state index contributed by atoms with van der Waals surface area (Å²) in [6, 6.07) is 6.80. The van der Waals surface area contributed by atoms with Gasteiger partial charge < -0.3 is 14.8 Å². The Morgan fingerprint density at radius 1 is 1.44 bits per heavy atom. The van der Waals surface area contributed by atoms with Crippen LogP contribution in [-0.4, -0.2) is 21.0 Å². The molecule has 0 bridgehead atoms. The van der Waals surface area contributed by atoms with E-state index in [-0.39, 0.29) is 0 Å². The fraction of sp³-hybridized carbons (Fsp3) is 0.538. The van der Waals surface area contributed by atoms with Crippen LogP contribution in [-0.2, 0) is 11.2 Å². The van der Waals surface area contributed by atoms with Gasteiger partial charge in [-0.05, 0) is 49.6 Å². The Bertz CT molecular complexity index is 352. The third-order valence-corrected chi connectivity index (χ3v) is 3.12. The summed E-state index contributed by atoms with van der Waals surface area (Å²) in [5.74, 6) is 0.891. The summed E-state index contributed by atoms with van der Waals surface area (Å²) in [7, 11) is 3.65. The van der Waals surface area contributed by atoms with Gasteiger partial charge in [0.15, 0.2) is 6.79 Å². The van der Waals surface area contributed by atoms with Crippen LogP contribution < -0.4 is 10.1 Å². The summed E-state index contributed by atoms with van der Waals surface area (Å²) < 4.78 is 10.4. The molecule has 3 heteroatoms. The molecule has 0 amide bonds. The van der Waals surface area contributed by atoms with Gasteiger partial charge in [0.25, 0.3) is 0 Å². The maximum atomic E-state index is 5.46. The number of hydrogen-bond donors (Lipinski definition) is 1. The summed E-state index contributed by atoms with van der Waals surface area (Å²) in [5, 5.41) is 3.36. The van der Waals surface area contributed by atoms with Crippen LogP contribution >= 0.6 is 0 Å². The van der Waals surface area contributed by atoms with Gasteiger partial charge in [-0.25, -0.2) is 0 Å². The highest BCUT2D eigenvalue weighted by Gasteiger charge is 2.18.